The molecule has 0 aliphatic carbocycles. The van der Waals surface area contributed by atoms with Crippen LogP contribution in [0.5, 0.6) is 11.5 Å². The van der Waals surface area contributed by atoms with Crippen molar-refractivity contribution in [2.24, 2.45) is 14.1 Å². The van der Waals surface area contributed by atoms with Gasteiger partial charge in [-0.25, -0.2) is 9.78 Å². The Labute approximate surface area is 162 Å². The van der Waals surface area contributed by atoms with Gasteiger partial charge in [-0.15, -0.1) is 0 Å². The van der Waals surface area contributed by atoms with Crippen molar-refractivity contribution in [3.8, 4) is 22.9 Å². The highest BCUT2D eigenvalue weighted by molar-refractivity contribution is 5.77. The van der Waals surface area contributed by atoms with Gasteiger partial charge in [0.1, 0.15) is 5.82 Å². The minimum Gasteiger partial charge on any atom is -0.493 e. The van der Waals surface area contributed by atoms with Crippen LogP contribution in [0.2, 0.25) is 0 Å². The molecule has 0 unspecified atom stereocenters. The Morgan fingerprint density at radius 3 is 2.54 bits per heavy atom. The first-order valence-electron chi connectivity index (χ1n) is 8.92. The second kappa shape index (κ2) is 6.92. The molecule has 0 bridgehead atoms. The third-order valence-corrected chi connectivity index (χ3v) is 5.05. The van der Waals surface area contributed by atoms with Gasteiger partial charge in [0.2, 0.25) is 0 Å². The Hall–Kier alpha value is -3.48. The van der Waals surface area contributed by atoms with Crippen LogP contribution < -0.4 is 15.2 Å². The Morgan fingerprint density at radius 1 is 1.00 bits per heavy atom. The molecule has 0 radical (unpaired) electrons. The van der Waals surface area contributed by atoms with E-state index in [1.165, 1.54) is 0 Å². The summed E-state index contributed by atoms with van der Waals surface area (Å²) in [4.78, 5) is 16.7. The van der Waals surface area contributed by atoms with Crippen LogP contribution in [0, 0.1) is 0 Å². The molecule has 0 aliphatic rings. The number of ether oxygens (including phenoxy) is 2. The third-order valence-electron chi connectivity index (χ3n) is 5.05. The lowest BCUT2D eigenvalue weighted by molar-refractivity contribution is 0.356. The second-order valence-corrected chi connectivity index (χ2v) is 6.64. The van der Waals surface area contributed by atoms with E-state index in [1.54, 1.807) is 43.6 Å². The maximum absolute atomic E-state index is 12.2. The molecule has 7 nitrogen and oxygen atoms in total. The zero-order valence-electron chi connectivity index (χ0n) is 16.3. The van der Waals surface area contributed by atoms with Crippen LogP contribution in [0.4, 0.5) is 0 Å². The van der Waals surface area contributed by atoms with Crippen LogP contribution in [0.1, 0.15) is 5.56 Å². The van der Waals surface area contributed by atoms with Crippen LogP contribution in [0.3, 0.4) is 0 Å². The Kier molecular flexibility index (Phi) is 4.43. The average molecular weight is 378 g/mol. The SMILES string of the molecule is COc1cccc(-c2nccn2Cc2ccc3c(c2)n(C)c(=O)n3C)c1OC. The standard InChI is InChI=1S/C21H22N4O3/c1-23-16-9-8-14(12-17(16)24(2)21(23)26)13-25-11-10-22-20(25)15-6-5-7-18(27-3)19(15)28-4/h5-12H,13H2,1-4H3. The molecule has 0 N–H and O–H groups in total. The molecule has 4 aromatic rings. The quantitative estimate of drug-likeness (QED) is 0.536. The molecule has 0 fully saturated rings. The summed E-state index contributed by atoms with van der Waals surface area (Å²) in [5.74, 6) is 2.10. The topological polar surface area (TPSA) is 63.2 Å². The number of rotatable bonds is 5. The van der Waals surface area contributed by atoms with Crippen LogP contribution in [0.15, 0.2) is 53.6 Å². The van der Waals surface area contributed by atoms with Crippen LogP contribution in [0.25, 0.3) is 22.4 Å². The molecule has 7 heteroatoms. The van der Waals surface area contributed by atoms with Crippen molar-refractivity contribution in [1.29, 1.82) is 0 Å². The maximum Gasteiger partial charge on any atom is 0.328 e. The molecule has 28 heavy (non-hydrogen) atoms. The monoisotopic (exact) mass is 378 g/mol. The van der Waals surface area contributed by atoms with Crippen molar-refractivity contribution >= 4 is 11.0 Å². The van der Waals surface area contributed by atoms with Crippen molar-refractivity contribution in [1.82, 2.24) is 18.7 Å². The maximum atomic E-state index is 12.2. The van der Waals surface area contributed by atoms with Gasteiger partial charge in [-0.05, 0) is 29.8 Å². The molecule has 4 rings (SSSR count). The fraction of sp³-hybridized carbons (Fsp3) is 0.238. The fourth-order valence-corrected chi connectivity index (χ4v) is 3.59. The van der Waals surface area contributed by atoms with E-state index in [1.807, 2.05) is 42.6 Å². The van der Waals surface area contributed by atoms with Crippen LogP contribution in [-0.2, 0) is 20.6 Å². The predicted octanol–water partition coefficient (Wildman–Crippen LogP) is 2.81. The van der Waals surface area contributed by atoms with E-state index in [2.05, 4.69) is 9.55 Å². The molecule has 2 aromatic carbocycles. The number of benzene rings is 2. The summed E-state index contributed by atoms with van der Waals surface area (Å²) in [5.41, 5.74) is 3.73. The Bertz CT molecular complexity index is 1220. The first kappa shape index (κ1) is 17.9. The first-order chi connectivity index (χ1) is 13.5. The molecule has 144 valence electrons. The molecule has 0 aliphatic heterocycles. The van der Waals surface area contributed by atoms with E-state index in [-0.39, 0.29) is 5.69 Å². The smallest absolute Gasteiger partial charge is 0.328 e. The number of aryl methyl sites for hydroxylation is 2. The lowest BCUT2D eigenvalue weighted by atomic mass is 10.1. The summed E-state index contributed by atoms with van der Waals surface area (Å²) in [6.07, 6.45) is 3.70. The molecule has 0 saturated heterocycles. The van der Waals surface area contributed by atoms with Crippen molar-refractivity contribution in [3.63, 3.8) is 0 Å². The molecule has 0 saturated carbocycles. The van der Waals surface area contributed by atoms with E-state index < -0.39 is 0 Å². The number of fused-ring (bicyclic) bond motifs is 1. The van der Waals surface area contributed by atoms with Crippen LogP contribution in [-0.4, -0.2) is 32.9 Å². The van der Waals surface area contributed by atoms with Gasteiger partial charge in [-0.3, -0.25) is 9.13 Å². The van der Waals surface area contributed by atoms with E-state index in [4.69, 9.17) is 9.47 Å². The predicted molar refractivity (Wildman–Crippen MR) is 108 cm³/mol. The van der Waals surface area contributed by atoms with Gasteiger partial charge < -0.3 is 14.0 Å². The number of nitrogens with zero attached hydrogens (tertiary/aromatic N) is 4. The molecule has 0 amide bonds. The Balaban J connectivity index is 1.76. The molecule has 2 heterocycles. The number of hydrogen-bond acceptors (Lipinski definition) is 4. The van der Waals surface area contributed by atoms with Gasteiger partial charge in [-0.2, -0.15) is 0 Å². The minimum atomic E-state index is -0.0309. The van der Waals surface area contributed by atoms with Crippen molar-refractivity contribution < 1.29 is 9.47 Å². The number of para-hydroxylation sites is 1. The molecule has 0 spiro atoms. The summed E-state index contributed by atoms with van der Waals surface area (Å²) in [6.45, 7) is 0.620. The zero-order valence-corrected chi connectivity index (χ0v) is 16.3. The van der Waals surface area contributed by atoms with E-state index in [9.17, 15) is 4.79 Å². The summed E-state index contributed by atoms with van der Waals surface area (Å²) in [5, 5.41) is 0. The molecule has 0 atom stereocenters. The highest BCUT2D eigenvalue weighted by atomic mass is 16.5. The van der Waals surface area contributed by atoms with Crippen LogP contribution >= 0.6 is 0 Å². The second-order valence-electron chi connectivity index (χ2n) is 6.64. The van der Waals surface area contributed by atoms with Crippen molar-refractivity contribution in [2.45, 2.75) is 6.54 Å². The minimum absolute atomic E-state index is 0.0309. The summed E-state index contributed by atoms with van der Waals surface area (Å²) in [7, 11) is 6.82. The number of aromatic nitrogens is 4. The lowest BCUT2D eigenvalue weighted by Gasteiger charge is -2.14. The molecular weight excluding hydrogens is 356 g/mol. The van der Waals surface area contributed by atoms with Gasteiger partial charge in [0.25, 0.3) is 0 Å². The summed E-state index contributed by atoms with van der Waals surface area (Å²) in [6, 6.07) is 11.8. The summed E-state index contributed by atoms with van der Waals surface area (Å²) < 4.78 is 16.4. The molecular formula is C21H22N4O3. The van der Waals surface area contributed by atoms with Crippen molar-refractivity contribution in [2.75, 3.05) is 14.2 Å². The zero-order chi connectivity index (χ0) is 19.8. The Morgan fingerprint density at radius 2 is 1.79 bits per heavy atom. The number of imidazole rings is 2. The highest BCUT2D eigenvalue weighted by Gasteiger charge is 2.16. The summed E-state index contributed by atoms with van der Waals surface area (Å²) >= 11 is 0. The van der Waals surface area contributed by atoms with Gasteiger partial charge in [0, 0.05) is 33.0 Å². The van der Waals surface area contributed by atoms with E-state index in [0.29, 0.717) is 18.0 Å². The molecule has 2 aromatic heterocycles. The third kappa shape index (κ3) is 2.76. The highest BCUT2D eigenvalue weighted by Crippen LogP contribution is 2.37. The van der Waals surface area contributed by atoms with E-state index in [0.717, 1.165) is 28.0 Å². The average Bonchev–Trinajstić information content (AvgIpc) is 3.26. The van der Waals surface area contributed by atoms with E-state index >= 15 is 0 Å². The lowest BCUT2D eigenvalue weighted by Crippen LogP contribution is -2.19. The van der Waals surface area contributed by atoms with Gasteiger partial charge in [0.15, 0.2) is 11.5 Å². The number of hydrogen-bond donors (Lipinski definition) is 0. The normalized spacial score (nSPS) is 11.1. The van der Waals surface area contributed by atoms with Gasteiger partial charge in [-0.1, -0.05) is 12.1 Å². The first-order valence-corrected chi connectivity index (χ1v) is 8.92. The fourth-order valence-electron chi connectivity index (χ4n) is 3.59. The van der Waals surface area contributed by atoms with Gasteiger partial charge >= 0.3 is 5.69 Å². The van der Waals surface area contributed by atoms with Gasteiger partial charge in [0.05, 0.1) is 30.8 Å². The van der Waals surface area contributed by atoms with Crippen molar-refractivity contribution in [3.05, 3.63) is 64.8 Å². The number of methoxy groups -OCH3 is 2. The largest absolute Gasteiger partial charge is 0.493 e.